The Morgan fingerprint density at radius 2 is 1.68 bits per heavy atom. The van der Waals surface area contributed by atoms with E-state index in [9.17, 15) is 19.5 Å². The molecule has 171 valence electrons. The third kappa shape index (κ3) is 4.55. The molecule has 0 aliphatic carbocycles. The molecule has 3 heterocycles. The van der Waals surface area contributed by atoms with Crippen LogP contribution in [0.4, 0.5) is 0 Å². The Kier molecular flexibility index (Phi) is 7.76. The Hall–Kier alpha value is -1.81. The molecule has 0 bridgehead atoms. The van der Waals surface area contributed by atoms with Crippen LogP contribution in [-0.4, -0.2) is 85.1 Å². The summed E-state index contributed by atoms with van der Waals surface area (Å²) < 4.78 is 0. The number of thioether (sulfide) groups is 1. The topological polar surface area (TPSA) is 90.0 Å². The van der Waals surface area contributed by atoms with Gasteiger partial charge in [0, 0.05) is 35.8 Å². The van der Waals surface area contributed by atoms with E-state index < -0.39 is 28.7 Å². The molecule has 3 aliphatic rings. The molecule has 1 radical (unpaired) electrons. The summed E-state index contributed by atoms with van der Waals surface area (Å²) in [5.41, 5.74) is 1.98. The Bertz CT molecular complexity index is 1120. The molecule has 2 amide bonds. The molecule has 0 saturated carbocycles. The third-order valence-corrected chi connectivity index (χ3v) is 8.18. The van der Waals surface area contributed by atoms with Gasteiger partial charge in [0.2, 0.25) is 5.91 Å². The van der Waals surface area contributed by atoms with Gasteiger partial charge in [-0.1, -0.05) is 72.3 Å². The van der Waals surface area contributed by atoms with Crippen molar-refractivity contribution in [3.63, 3.8) is 0 Å². The Morgan fingerprint density at radius 3 is 2.32 bits per heavy atom. The van der Waals surface area contributed by atoms with E-state index in [-0.39, 0.29) is 52.6 Å². The second-order valence-corrected chi connectivity index (χ2v) is 9.91. The standard InChI is InChI=1S/C24H22ClN3O4S.Na/c25-16-13-27-22(30)19(23(27)33-20(16)24(31)32)28-17(12-11-14-7-3-1-4-8-14)26-18(21(28)29)15-9-5-2-6-10-15;/h1-10,13,17-20,23,26H,11-12H2,(H,31,32);/t17?,18?,19?,20?,23-;/m1./s1. The van der Waals surface area contributed by atoms with Gasteiger partial charge in [-0.05, 0) is 24.0 Å². The van der Waals surface area contributed by atoms with Crippen LogP contribution in [0.25, 0.3) is 0 Å². The molecule has 4 unspecified atom stereocenters. The number of halogens is 1. The molecule has 2 fully saturated rings. The van der Waals surface area contributed by atoms with E-state index in [1.165, 1.54) is 11.1 Å². The number of β-lactam (4-membered cyclic amide) rings is 1. The molecule has 2 aromatic carbocycles. The monoisotopic (exact) mass is 506 g/mol. The van der Waals surface area contributed by atoms with Crippen LogP contribution in [0.2, 0.25) is 0 Å². The van der Waals surface area contributed by atoms with Gasteiger partial charge in [0.25, 0.3) is 5.91 Å². The van der Waals surface area contributed by atoms with Gasteiger partial charge in [0.1, 0.15) is 22.7 Å². The van der Waals surface area contributed by atoms with Crippen molar-refractivity contribution < 1.29 is 19.5 Å². The van der Waals surface area contributed by atoms with Crippen LogP contribution in [-0.2, 0) is 20.8 Å². The quantitative estimate of drug-likeness (QED) is 0.462. The van der Waals surface area contributed by atoms with Crippen LogP contribution >= 0.6 is 23.4 Å². The number of hydrogen-bond acceptors (Lipinski definition) is 5. The van der Waals surface area contributed by atoms with Crippen LogP contribution in [0, 0.1) is 0 Å². The first-order valence-corrected chi connectivity index (χ1v) is 12.0. The summed E-state index contributed by atoms with van der Waals surface area (Å²) in [6, 6.07) is 18.1. The number of carbonyl (C=O) groups excluding carboxylic acids is 2. The fourth-order valence-electron chi connectivity index (χ4n) is 4.62. The van der Waals surface area contributed by atoms with E-state index in [2.05, 4.69) is 5.32 Å². The van der Waals surface area contributed by atoms with Crippen molar-refractivity contribution in [2.45, 2.75) is 41.7 Å². The van der Waals surface area contributed by atoms with Crippen molar-refractivity contribution in [2.24, 2.45) is 0 Å². The number of fused-ring (bicyclic) bond motifs is 1. The number of carboxylic acid groups (broad SMARTS) is 1. The molecule has 5 atom stereocenters. The number of nitrogens with zero attached hydrogens (tertiary/aromatic N) is 2. The number of carboxylic acids is 1. The van der Waals surface area contributed by atoms with Gasteiger partial charge in [-0.15, -0.1) is 11.8 Å². The summed E-state index contributed by atoms with van der Waals surface area (Å²) in [6.45, 7) is 0. The summed E-state index contributed by atoms with van der Waals surface area (Å²) >= 11 is 7.19. The molecule has 5 rings (SSSR count). The average molecular weight is 507 g/mol. The van der Waals surface area contributed by atoms with Crippen LogP contribution in [0.15, 0.2) is 71.9 Å². The Morgan fingerprint density at radius 1 is 1.03 bits per heavy atom. The molecular formula is C24H22ClN3NaO4S. The first-order chi connectivity index (χ1) is 16.0. The van der Waals surface area contributed by atoms with Gasteiger partial charge in [-0.3, -0.25) is 19.7 Å². The number of hydrogen-bond donors (Lipinski definition) is 2. The van der Waals surface area contributed by atoms with Crippen LogP contribution in [0.1, 0.15) is 23.6 Å². The first-order valence-electron chi connectivity index (χ1n) is 10.7. The van der Waals surface area contributed by atoms with Crippen molar-refractivity contribution in [1.29, 1.82) is 0 Å². The largest absolute Gasteiger partial charge is 0.480 e. The first kappa shape index (κ1) is 25.3. The Balaban J connectivity index is 0.00000274. The zero-order valence-corrected chi connectivity index (χ0v) is 22.1. The molecule has 7 nitrogen and oxygen atoms in total. The van der Waals surface area contributed by atoms with Crippen molar-refractivity contribution in [3.05, 3.63) is 83.0 Å². The van der Waals surface area contributed by atoms with Gasteiger partial charge in [-0.2, -0.15) is 0 Å². The van der Waals surface area contributed by atoms with E-state index in [0.717, 1.165) is 29.3 Å². The van der Waals surface area contributed by atoms with Crippen molar-refractivity contribution in [2.75, 3.05) is 0 Å². The smallest absolute Gasteiger partial charge is 0.322 e. The maximum atomic E-state index is 13.6. The number of carbonyl (C=O) groups is 3. The number of benzene rings is 2. The molecule has 2 saturated heterocycles. The third-order valence-electron chi connectivity index (χ3n) is 6.24. The minimum absolute atomic E-state index is 0. The van der Waals surface area contributed by atoms with Gasteiger partial charge < -0.3 is 14.9 Å². The number of rotatable bonds is 6. The maximum Gasteiger partial charge on any atom is 0.322 e. The van der Waals surface area contributed by atoms with Gasteiger partial charge in [0.15, 0.2) is 0 Å². The fourth-order valence-corrected chi connectivity index (χ4v) is 6.25. The number of aryl methyl sites for hydroxylation is 1. The number of aliphatic carboxylic acids is 1. The summed E-state index contributed by atoms with van der Waals surface area (Å²) in [5, 5.41) is 11.6. The zero-order chi connectivity index (χ0) is 23.1. The normalized spacial score (nSPS) is 28.0. The minimum Gasteiger partial charge on any atom is -0.480 e. The molecule has 0 aromatic heterocycles. The summed E-state index contributed by atoms with van der Waals surface area (Å²) in [6.07, 6.45) is 2.39. The molecule has 34 heavy (non-hydrogen) atoms. The fraction of sp³-hybridized carbons (Fsp3) is 0.292. The second kappa shape index (κ2) is 10.4. The van der Waals surface area contributed by atoms with E-state index in [1.807, 2.05) is 60.7 Å². The average Bonchev–Trinajstić information content (AvgIpc) is 3.14. The van der Waals surface area contributed by atoms with Crippen LogP contribution < -0.4 is 5.32 Å². The maximum absolute atomic E-state index is 13.6. The summed E-state index contributed by atoms with van der Waals surface area (Å²) in [7, 11) is 0. The second-order valence-electron chi connectivity index (χ2n) is 8.25. The van der Waals surface area contributed by atoms with E-state index >= 15 is 0 Å². The number of amides is 2. The molecular weight excluding hydrogens is 485 g/mol. The van der Waals surface area contributed by atoms with E-state index in [1.54, 1.807) is 4.90 Å². The number of nitrogens with one attached hydrogen (secondary N) is 1. The van der Waals surface area contributed by atoms with Gasteiger partial charge in [0.05, 0.1) is 11.2 Å². The van der Waals surface area contributed by atoms with Gasteiger partial charge in [-0.25, -0.2) is 0 Å². The van der Waals surface area contributed by atoms with Crippen LogP contribution in [0.5, 0.6) is 0 Å². The summed E-state index contributed by atoms with van der Waals surface area (Å²) in [4.78, 5) is 41.3. The summed E-state index contributed by atoms with van der Waals surface area (Å²) in [5.74, 6) is -1.49. The SMILES string of the molecule is O=C(O)C1S[C@@H]2C(N3C(=O)C(c4ccccc4)NC3CCc3ccccc3)C(=O)N2C=C1Cl.[Na]. The molecule has 2 aromatic rings. The molecule has 3 aliphatic heterocycles. The van der Waals surface area contributed by atoms with Crippen molar-refractivity contribution in [3.8, 4) is 0 Å². The Labute approximate surface area is 228 Å². The van der Waals surface area contributed by atoms with Crippen molar-refractivity contribution in [1.82, 2.24) is 15.1 Å². The van der Waals surface area contributed by atoms with Crippen LogP contribution in [0.3, 0.4) is 0 Å². The van der Waals surface area contributed by atoms with Crippen molar-refractivity contribution >= 4 is 70.7 Å². The molecule has 0 spiro atoms. The zero-order valence-electron chi connectivity index (χ0n) is 18.5. The molecule has 10 heteroatoms. The predicted molar refractivity (Wildman–Crippen MR) is 131 cm³/mol. The minimum atomic E-state index is -1.06. The molecule has 2 N–H and O–H groups in total. The van der Waals surface area contributed by atoms with E-state index in [0.29, 0.717) is 6.42 Å². The predicted octanol–water partition coefficient (Wildman–Crippen LogP) is 2.55. The van der Waals surface area contributed by atoms with E-state index in [4.69, 9.17) is 11.6 Å². The van der Waals surface area contributed by atoms with Gasteiger partial charge >= 0.3 is 5.97 Å².